The molecule has 0 radical (unpaired) electrons. The highest BCUT2D eigenvalue weighted by atomic mass is 32.1. The van der Waals surface area contributed by atoms with E-state index in [9.17, 15) is 4.79 Å². The van der Waals surface area contributed by atoms with Crippen LogP contribution < -0.4 is 5.73 Å². The molecule has 0 bridgehead atoms. The maximum absolute atomic E-state index is 10.2. The van der Waals surface area contributed by atoms with E-state index in [-0.39, 0.29) is 9.77 Å². The molecule has 0 aliphatic heterocycles. The van der Waals surface area contributed by atoms with Crippen LogP contribution in [0.1, 0.15) is 0 Å². The molecule has 1 amide bonds. The number of nitrogens with zero attached hydrogens (tertiary/aromatic N) is 1. The number of carbonyl (C=O) groups is 1. The molecule has 0 aliphatic carbocycles. The van der Waals surface area contributed by atoms with Crippen LogP contribution in [-0.4, -0.2) is 16.0 Å². The summed E-state index contributed by atoms with van der Waals surface area (Å²) >= 11 is 8.69. The largest absolute Gasteiger partial charge is 0.763 e. The molecule has 3 nitrogen and oxygen atoms in total. The van der Waals surface area contributed by atoms with Crippen molar-refractivity contribution in [3.63, 3.8) is 0 Å². The Hall–Kier alpha value is -0.770. The van der Waals surface area contributed by atoms with Gasteiger partial charge in [-0.2, -0.15) is 0 Å². The van der Waals surface area contributed by atoms with Crippen molar-refractivity contribution in [3.8, 4) is 0 Å². The highest BCUT2D eigenvalue weighted by Gasteiger charge is 1.95. The minimum atomic E-state index is -0.863. The van der Waals surface area contributed by atoms with Crippen molar-refractivity contribution in [2.75, 3.05) is 0 Å². The van der Waals surface area contributed by atoms with Crippen molar-refractivity contribution in [2.24, 2.45) is 5.73 Å². The molecule has 0 aliphatic rings. The standard InChI is InChI=1S/C4H3N2OS2/c5-1-2(3(6)7)4(8)9/h(H2,6,7)(H,8,9)/q-1/p-1. The Balaban J connectivity index is 4.59. The van der Waals surface area contributed by atoms with E-state index >= 15 is 0 Å². The van der Waals surface area contributed by atoms with E-state index in [1.807, 2.05) is 0 Å². The van der Waals surface area contributed by atoms with Crippen LogP contribution in [0.5, 0.6) is 0 Å². The monoisotopic (exact) mass is 158 g/mol. The number of carbonyl (C=O) groups excluding carboxylic acids is 1. The molecule has 48 valence electrons. The van der Waals surface area contributed by atoms with Crippen LogP contribution in [0.4, 0.5) is 0 Å². The molecule has 0 aromatic rings. The molecule has 0 saturated heterocycles. The summed E-state index contributed by atoms with van der Waals surface area (Å²) in [6.45, 7) is 0. The normalized spacial score (nSPS) is 7.56. The Kier molecular flexibility index (Phi) is 3.01. The van der Waals surface area contributed by atoms with Crippen molar-refractivity contribution in [1.82, 2.24) is 0 Å². The fraction of sp³-hybridized carbons (Fsp3) is 0. The molecule has 0 aromatic carbocycles. The van der Waals surface area contributed by atoms with Gasteiger partial charge in [0.15, 0.2) is 0 Å². The molecule has 0 fully saturated rings. The third-order valence-electron chi connectivity index (χ3n) is 0.562. The maximum Gasteiger partial charge on any atom is 0.253 e. The average molecular weight is 158 g/mol. The van der Waals surface area contributed by atoms with E-state index in [1.165, 1.54) is 5.87 Å². The van der Waals surface area contributed by atoms with Crippen LogP contribution in [-0.2, 0) is 17.4 Å². The van der Waals surface area contributed by atoms with E-state index in [1.54, 1.807) is 0 Å². The minimum Gasteiger partial charge on any atom is -0.763 e. The second-order valence-corrected chi connectivity index (χ2v) is 2.21. The molecule has 0 aromatic heterocycles. The smallest absolute Gasteiger partial charge is 0.253 e. The fourth-order valence-corrected chi connectivity index (χ4v) is 0.494. The number of nitrogens with two attached hydrogens (primary N) is 1. The summed E-state index contributed by atoms with van der Waals surface area (Å²) in [5.41, 5.74) is 4.38. The van der Waals surface area contributed by atoms with Gasteiger partial charge in [0.2, 0.25) is 0 Å². The Morgan fingerprint density at radius 1 is 1.78 bits per heavy atom. The van der Waals surface area contributed by atoms with E-state index in [2.05, 4.69) is 24.8 Å². The lowest BCUT2D eigenvalue weighted by atomic mass is 10.3. The summed E-state index contributed by atoms with van der Waals surface area (Å²) in [5, 5.41) is 8.12. The number of thiocarbonyl (C=S) groups is 1. The lowest BCUT2D eigenvalue weighted by Crippen LogP contribution is -2.18. The summed E-state index contributed by atoms with van der Waals surface area (Å²) < 4.78 is -0.176. The molecule has 0 spiro atoms. The molecule has 0 rings (SSSR count). The Morgan fingerprint density at radius 2 is 2.22 bits per heavy atom. The van der Waals surface area contributed by atoms with Crippen LogP contribution in [0.3, 0.4) is 0 Å². The van der Waals surface area contributed by atoms with Crippen LogP contribution in [0.25, 0.3) is 5.41 Å². The van der Waals surface area contributed by atoms with E-state index < -0.39 is 5.91 Å². The predicted molar refractivity (Wildman–Crippen MR) is 41.0 cm³/mol. The number of rotatable bonds is 2. The third-order valence-corrected chi connectivity index (χ3v) is 0.971. The van der Waals surface area contributed by atoms with Gasteiger partial charge >= 0.3 is 0 Å². The maximum atomic E-state index is 10.2. The Bertz CT molecular complexity index is 189. The molecular formula is C4H2N2OS2-2. The summed E-state index contributed by atoms with van der Waals surface area (Å²) in [7, 11) is 0. The number of hydrogen-bond acceptors (Lipinski definition) is 3. The first-order chi connectivity index (χ1) is 4.09. The van der Waals surface area contributed by atoms with Gasteiger partial charge in [-0.25, -0.2) is 0 Å². The zero-order valence-corrected chi connectivity index (χ0v) is 5.88. The predicted octanol–water partition coefficient (Wildman–Crippen LogP) is -0.488. The van der Waals surface area contributed by atoms with Crippen molar-refractivity contribution in [1.29, 1.82) is 0 Å². The van der Waals surface area contributed by atoms with Gasteiger partial charge in [0.25, 0.3) is 5.91 Å². The molecule has 5 heteroatoms. The van der Waals surface area contributed by atoms with Crippen molar-refractivity contribution >= 4 is 40.8 Å². The lowest BCUT2D eigenvalue weighted by molar-refractivity contribution is -0.113. The number of hydrogen-bond donors (Lipinski definition) is 1. The van der Waals surface area contributed by atoms with Gasteiger partial charge in [-0.15, -0.1) is 4.20 Å². The van der Waals surface area contributed by atoms with Gasteiger partial charge in [0.1, 0.15) is 0 Å². The second kappa shape index (κ2) is 3.29. The number of amides is 1. The van der Waals surface area contributed by atoms with Gasteiger partial charge in [0, 0.05) is 5.57 Å². The van der Waals surface area contributed by atoms with Crippen LogP contribution in [0, 0.1) is 0 Å². The van der Waals surface area contributed by atoms with Crippen LogP contribution in [0.15, 0.2) is 5.57 Å². The molecule has 0 heterocycles. The first-order valence-electron chi connectivity index (χ1n) is 1.87. The van der Waals surface area contributed by atoms with E-state index in [0.717, 1.165) is 0 Å². The zero-order chi connectivity index (χ0) is 7.44. The van der Waals surface area contributed by atoms with Gasteiger partial charge < -0.3 is 36.0 Å². The highest BCUT2D eigenvalue weighted by Crippen LogP contribution is 1.88. The fourth-order valence-electron chi connectivity index (χ4n) is 0.201. The molecule has 0 saturated carbocycles. The molecular weight excluding hydrogens is 156 g/mol. The molecule has 2 N–H and O–H groups in total. The summed E-state index contributed by atoms with van der Waals surface area (Å²) in [4.78, 5) is 10.2. The van der Waals surface area contributed by atoms with Crippen LogP contribution in [0.2, 0.25) is 0 Å². The lowest BCUT2D eigenvalue weighted by Gasteiger charge is -2.03. The molecule has 0 unspecified atom stereocenters. The van der Waals surface area contributed by atoms with Gasteiger partial charge in [0.05, 0.1) is 0 Å². The zero-order valence-electron chi connectivity index (χ0n) is 4.25. The van der Waals surface area contributed by atoms with Gasteiger partial charge in [-0.1, -0.05) is 0 Å². The van der Waals surface area contributed by atoms with Crippen molar-refractivity contribution < 1.29 is 4.79 Å². The van der Waals surface area contributed by atoms with Crippen molar-refractivity contribution in [3.05, 3.63) is 11.0 Å². The number of primary amides is 1. The third kappa shape index (κ3) is 2.32. The average Bonchev–Trinajstić information content (AvgIpc) is 1.64. The molecule has 0 atom stereocenters. The highest BCUT2D eigenvalue weighted by molar-refractivity contribution is 8.01. The SMILES string of the molecule is [N-]=C=C(C(N)=O)C(=S)[S-]. The van der Waals surface area contributed by atoms with E-state index in [0.29, 0.717) is 0 Å². The van der Waals surface area contributed by atoms with Gasteiger partial charge in [-0.05, 0) is 0 Å². The first-order valence-corrected chi connectivity index (χ1v) is 2.69. The minimum absolute atomic E-state index is 0.176. The Morgan fingerprint density at radius 3 is 2.22 bits per heavy atom. The topological polar surface area (TPSA) is 65.4 Å². The first kappa shape index (κ1) is 8.23. The summed E-state index contributed by atoms with van der Waals surface area (Å²) in [5.74, 6) is 0.634. The summed E-state index contributed by atoms with van der Waals surface area (Å²) in [6, 6.07) is 0. The summed E-state index contributed by atoms with van der Waals surface area (Å²) in [6.07, 6.45) is 0. The quantitative estimate of drug-likeness (QED) is 0.255. The van der Waals surface area contributed by atoms with Crippen molar-refractivity contribution in [2.45, 2.75) is 0 Å². The Labute approximate surface area is 62.8 Å². The van der Waals surface area contributed by atoms with E-state index in [4.69, 9.17) is 11.1 Å². The molecule has 9 heavy (non-hydrogen) atoms. The van der Waals surface area contributed by atoms with Gasteiger partial charge in [-0.3, -0.25) is 10.7 Å². The van der Waals surface area contributed by atoms with Crippen LogP contribution >= 0.6 is 12.2 Å². The second-order valence-electron chi connectivity index (χ2n) is 1.14.